The number of benzene rings is 2. The van der Waals surface area contributed by atoms with Gasteiger partial charge in [-0.2, -0.15) is 0 Å². The predicted octanol–water partition coefficient (Wildman–Crippen LogP) is 7.85. The monoisotopic (exact) mass is 624 g/mol. The summed E-state index contributed by atoms with van der Waals surface area (Å²) in [5.74, 6) is 0.584. The average Bonchev–Trinajstić information content (AvgIpc) is 3.32. The molecule has 0 atom stereocenters. The van der Waals surface area contributed by atoms with Gasteiger partial charge in [0.25, 0.3) is 5.91 Å². The van der Waals surface area contributed by atoms with E-state index in [2.05, 4.69) is 26.9 Å². The topological polar surface area (TPSA) is 45.9 Å². The maximum absolute atomic E-state index is 12.9. The maximum atomic E-state index is 12.9. The molecule has 0 aliphatic carbocycles. The predicted molar refractivity (Wildman–Crippen MR) is 140 cm³/mol. The molecule has 0 spiro atoms. The van der Waals surface area contributed by atoms with Crippen molar-refractivity contribution < 1.29 is 13.9 Å². The summed E-state index contributed by atoms with van der Waals surface area (Å²) < 4.78 is 12.5. The fourth-order valence-electron chi connectivity index (χ4n) is 3.56. The van der Waals surface area contributed by atoms with Crippen LogP contribution >= 0.6 is 73.9 Å². The van der Waals surface area contributed by atoms with Gasteiger partial charge in [-0.25, -0.2) is 0 Å². The summed E-state index contributed by atoms with van der Waals surface area (Å²) in [6.07, 6.45) is 0. The van der Waals surface area contributed by atoms with E-state index in [0.717, 1.165) is 24.1 Å². The van der Waals surface area contributed by atoms with Crippen molar-refractivity contribution in [2.45, 2.75) is 13.2 Å². The van der Waals surface area contributed by atoms with Gasteiger partial charge in [0.15, 0.2) is 11.5 Å². The molecule has 4 rings (SSSR count). The molecule has 5 nitrogen and oxygen atoms in total. The van der Waals surface area contributed by atoms with E-state index < -0.39 is 0 Å². The third-order valence-corrected chi connectivity index (χ3v) is 8.43. The molecule has 0 bridgehead atoms. The third kappa shape index (κ3) is 5.65. The quantitative estimate of drug-likeness (QED) is 0.206. The van der Waals surface area contributed by atoms with E-state index in [-0.39, 0.29) is 49.1 Å². The van der Waals surface area contributed by atoms with Crippen LogP contribution in [0.2, 0.25) is 25.1 Å². The van der Waals surface area contributed by atoms with Gasteiger partial charge in [0.2, 0.25) is 0 Å². The average molecular weight is 628 g/mol. The number of piperazine rings is 1. The number of carbonyl (C=O) groups is 1. The summed E-state index contributed by atoms with van der Waals surface area (Å²) >= 11 is 34.1. The van der Waals surface area contributed by atoms with Gasteiger partial charge >= 0.3 is 0 Å². The minimum atomic E-state index is -0.166. The standard InChI is InChI=1S/C23H18BrCl5N2O3/c24-15-4-2-1-3-13(15)11-30-7-9-31(10-8-30)23(32)16-6-5-14(34-16)12-33-22-20(28)18(26)17(25)19(27)21(22)29/h1-6H,7-12H2. The van der Waals surface area contributed by atoms with E-state index >= 15 is 0 Å². The van der Waals surface area contributed by atoms with Crippen molar-refractivity contribution in [2.75, 3.05) is 26.2 Å². The first-order valence-corrected chi connectivity index (χ1v) is 12.9. The van der Waals surface area contributed by atoms with Crippen molar-refractivity contribution in [3.8, 4) is 5.75 Å². The number of halogens is 6. The molecule has 0 saturated carbocycles. The molecule has 1 amide bonds. The second kappa shape index (κ2) is 11.3. The molecule has 1 fully saturated rings. The van der Waals surface area contributed by atoms with Crippen LogP contribution in [0, 0.1) is 0 Å². The Morgan fingerprint density at radius 1 is 0.882 bits per heavy atom. The zero-order valence-electron chi connectivity index (χ0n) is 17.6. The lowest BCUT2D eigenvalue weighted by Crippen LogP contribution is -2.48. The van der Waals surface area contributed by atoms with Gasteiger partial charge in [-0.05, 0) is 23.8 Å². The summed E-state index contributed by atoms with van der Waals surface area (Å²) in [5, 5.41) is 0.227. The molecule has 3 aromatic rings. The number of amides is 1. The fraction of sp³-hybridized carbons (Fsp3) is 0.261. The Bertz CT molecular complexity index is 1180. The molecule has 2 heterocycles. The smallest absolute Gasteiger partial charge is 0.289 e. The number of furan rings is 1. The molecule has 11 heteroatoms. The molecule has 2 aromatic carbocycles. The molecule has 0 radical (unpaired) electrons. The number of ether oxygens (including phenoxy) is 1. The van der Waals surface area contributed by atoms with Crippen LogP contribution in [0.5, 0.6) is 5.75 Å². The van der Waals surface area contributed by atoms with E-state index in [1.54, 1.807) is 17.0 Å². The Labute approximate surface area is 230 Å². The molecule has 0 unspecified atom stereocenters. The van der Waals surface area contributed by atoms with Crippen LogP contribution in [-0.2, 0) is 13.2 Å². The van der Waals surface area contributed by atoms with E-state index in [9.17, 15) is 4.79 Å². The van der Waals surface area contributed by atoms with Gasteiger partial charge in [0.05, 0.1) is 15.1 Å². The first kappa shape index (κ1) is 26.0. The van der Waals surface area contributed by atoms with E-state index in [1.807, 2.05) is 18.2 Å². The van der Waals surface area contributed by atoms with Crippen LogP contribution in [-0.4, -0.2) is 41.9 Å². The minimum absolute atomic E-state index is 0.0270. The van der Waals surface area contributed by atoms with Gasteiger partial charge in [-0.15, -0.1) is 0 Å². The van der Waals surface area contributed by atoms with Crippen LogP contribution in [0.15, 0.2) is 45.3 Å². The highest BCUT2D eigenvalue weighted by Crippen LogP contribution is 2.48. The summed E-state index contributed by atoms with van der Waals surface area (Å²) in [5.41, 5.74) is 1.22. The second-order valence-electron chi connectivity index (χ2n) is 7.61. The summed E-state index contributed by atoms with van der Waals surface area (Å²) in [4.78, 5) is 17.0. The largest absolute Gasteiger partial charge is 0.482 e. The van der Waals surface area contributed by atoms with Crippen molar-refractivity contribution in [3.63, 3.8) is 0 Å². The number of hydrogen-bond donors (Lipinski definition) is 0. The first-order chi connectivity index (χ1) is 16.3. The SMILES string of the molecule is O=C(c1ccc(COc2c(Cl)c(Cl)c(Cl)c(Cl)c2Cl)o1)N1CCN(Cc2ccccc2Br)CC1. The van der Waals surface area contributed by atoms with Gasteiger partial charge in [-0.3, -0.25) is 9.69 Å². The Kier molecular flexibility index (Phi) is 8.62. The Hall–Kier alpha value is -1.12. The molecule has 1 aliphatic rings. The maximum Gasteiger partial charge on any atom is 0.289 e. The summed E-state index contributed by atoms with van der Waals surface area (Å²) in [6.45, 7) is 3.58. The molecular formula is C23H18BrCl5N2O3. The van der Waals surface area contributed by atoms with Crippen LogP contribution < -0.4 is 4.74 Å². The molecule has 1 aromatic heterocycles. The Morgan fingerprint density at radius 2 is 1.50 bits per heavy atom. The van der Waals surface area contributed by atoms with Gasteiger partial charge in [-0.1, -0.05) is 92.1 Å². The van der Waals surface area contributed by atoms with Crippen LogP contribution in [0.3, 0.4) is 0 Å². The molecule has 1 saturated heterocycles. The van der Waals surface area contributed by atoms with Crippen molar-refractivity contribution in [3.05, 3.63) is 83.1 Å². The van der Waals surface area contributed by atoms with Crippen LogP contribution in [0.4, 0.5) is 0 Å². The van der Waals surface area contributed by atoms with E-state index in [0.29, 0.717) is 18.8 Å². The van der Waals surface area contributed by atoms with E-state index in [1.165, 1.54) is 5.56 Å². The van der Waals surface area contributed by atoms with Gasteiger partial charge in [0, 0.05) is 37.2 Å². The summed E-state index contributed by atoms with van der Waals surface area (Å²) in [6, 6.07) is 11.4. The van der Waals surface area contributed by atoms with E-state index in [4.69, 9.17) is 67.2 Å². The molecular weight excluding hydrogens is 609 g/mol. The van der Waals surface area contributed by atoms with Crippen LogP contribution in [0.25, 0.3) is 0 Å². The number of carbonyl (C=O) groups excluding carboxylic acids is 1. The zero-order valence-corrected chi connectivity index (χ0v) is 23.0. The number of rotatable bonds is 6. The van der Waals surface area contributed by atoms with Crippen molar-refractivity contribution >= 4 is 79.8 Å². The number of hydrogen-bond acceptors (Lipinski definition) is 4. The molecule has 180 valence electrons. The van der Waals surface area contributed by atoms with Crippen molar-refractivity contribution in [1.82, 2.24) is 9.80 Å². The third-order valence-electron chi connectivity index (χ3n) is 5.41. The minimum Gasteiger partial charge on any atom is -0.482 e. The molecule has 34 heavy (non-hydrogen) atoms. The lowest BCUT2D eigenvalue weighted by Gasteiger charge is -2.34. The molecule has 0 N–H and O–H groups in total. The normalized spacial score (nSPS) is 14.5. The van der Waals surface area contributed by atoms with Crippen molar-refractivity contribution in [1.29, 1.82) is 0 Å². The number of nitrogens with zero attached hydrogens (tertiary/aromatic N) is 2. The lowest BCUT2D eigenvalue weighted by atomic mass is 10.2. The van der Waals surface area contributed by atoms with Gasteiger partial charge < -0.3 is 14.1 Å². The molecule has 1 aliphatic heterocycles. The second-order valence-corrected chi connectivity index (χ2v) is 10.4. The Balaban J connectivity index is 1.34. The highest BCUT2D eigenvalue weighted by molar-refractivity contribution is 9.10. The highest BCUT2D eigenvalue weighted by atomic mass is 79.9. The van der Waals surface area contributed by atoms with Gasteiger partial charge in [0.1, 0.15) is 22.4 Å². The lowest BCUT2D eigenvalue weighted by molar-refractivity contribution is 0.0594. The summed E-state index contributed by atoms with van der Waals surface area (Å²) in [7, 11) is 0. The van der Waals surface area contributed by atoms with Crippen LogP contribution in [0.1, 0.15) is 21.9 Å². The zero-order chi connectivity index (χ0) is 24.4. The highest BCUT2D eigenvalue weighted by Gasteiger charge is 2.25. The van der Waals surface area contributed by atoms with Crippen molar-refractivity contribution in [2.24, 2.45) is 0 Å². The fourth-order valence-corrected chi connectivity index (χ4v) is 5.20. The Morgan fingerprint density at radius 3 is 2.15 bits per heavy atom. The first-order valence-electron chi connectivity index (χ1n) is 10.2.